The molecule has 2 rings (SSSR count). The number of benzene rings is 1. The molecule has 0 heterocycles. The van der Waals surface area contributed by atoms with E-state index in [1.807, 2.05) is 31.2 Å². The van der Waals surface area contributed by atoms with Crippen molar-refractivity contribution in [3.63, 3.8) is 0 Å². The lowest BCUT2D eigenvalue weighted by Crippen LogP contribution is -2.30. The highest BCUT2D eigenvalue weighted by molar-refractivity contribution is 5.96. The van der Waals surface area contributed by atoms with Crippen molar-refractivity contribution in [3.8, 4) is 0 Å². The van der Waals surface area contributed by atoms with Gasteiger partial charge in [0, 0.05) is 24.6 Å². The van der Waals surface area contributed by atoms with Crippen LogP contribution in [0.15, 0.2) is 24.3 Å². The molecule has 0 aliphatic heterocycles. The Morgan fingerprint density at radius 2 is 2.05 bits per heavy atom. The standard InChI is InChI=1S/C18H27NO/c1-14(2)9-11-19(17-7-8-17)12-10-18(20)16-6-4-5-15(3)13-16/h4-6,13-14,17H,7-12H2,1-3H3. The van der Waals surface area contributed by atoms with Gasteiger partial charge >= 0.3 is 0 Å². The number of ketones is 1. The summed E-state index contributed by atoms with van der Waals surface area (Å²) >= 11 is 0. The third kappa shape index (κ3) is 4.75. The maximum atomic E-state index is 12.3. The van der Waals surface area contributed by atoms with Gasteiger partial charge in [0.15, 0.2) is 5.78 Å². The van der Waals surface area contributed by atoms with Crippen LogP contribution in [0.4, 0.5) is 0 Å². The Hall–Kier alpha value is -1.15. The summed E-state index contributed by atoms with van der Waals surface area (Å²) in [5.41, 5.74) is 2.03. The van der Waals surface area contributed by atoms with E-state index in [0.29, 0.717) is 6.42 Å². The molecule has 1 aliphatic rings. The van der Waals surface area contributed by atoms with Crippen LogP contribution in [0, 0.1) is 12.8 Å². The van der Waals surface area contributed by atoms with Crippen LogP contribution in [0.5, 0.6) is 0 Å². The van der Waals surface area contributed by atoms with Gasteiger partial charge in [-0.2, -0.15) is 0 Å². The first-order valence-electron chi connectivity index (χ1n) is 7.90. The Morgan fingerprint density at radius 1 is 1.30 bits per heavy atom. The largest absolute Gasteiger partial charge is 0.300 e. The van der Waals surface area contributed by atoms with Gasteiger partial charge in [0.25, 0.3) is 0 Å². The second-order valence-electron chi connectivity index (χ2n) is 6.49. The molecule has 20 heavy (non-hydrogen) atoms. The zero-order chi connectivity index (χ0) is 14.5. The van der Waals surface area contributed by atoms with E-state index in [1.165, 1.54) is 19.3 Å². The normalized spacial score (nSPS) is 15.1. The van der Waals surface area contributed by atoms with Crippen molar-refractivity contribution in [1.82, 2.24) is 4.90 Å². The van der Waals surface area contributed by atoms with Crippen molar-refractivity contribution < 1.29 is 4.79 Å². The average Bonchev–Trinajstić information content (AvgIpc) is 3.22. The quantitative estimate of drug-likeness (QED) is 0.665. The molecule has 1 saturated carbocycles. The molecule has 2 nitrogen and oxygen atoms in total. The topological polar surface area (TPSA) is 20.3 Å². The minimum absolute atomic E-state index is 0.281. The van der Waals surface area contributed by atoms with Crippen molar-refractivity contribution >= 4 is 5.78 Å². The Morgan fingerprint density at radius 3 is 2.65 bits per heavy atom. The molecular weight excluding hydrogens is 246 g/mol. The number of Topliss-reactive ketones (excluding diaryl/α,β-unsaturated/α-hetero) is 1. The highest BCUT2D eigenvalue weighted by Crippen LogP contribution is 2.27. The summed E-state index contributed by atoms with van der Waals surface area (Å²) in [5, 5.41) is 0. The summed E-state index contributed by atoms with van der Waals surface area (Å²) in [5.74, 6) is 1.02. The van der Waals surface area contributed by atoms with Gasteiger partial charge in [0.2, 0.25) is 0 Å². The average molecular weight is 273 g/mol. The number of hydrogen-bond acceptors (Lipinski definition) is 2. The SMILES string of the molecule is Cc1cccc(C(=O)CCN(CCC(C)C)C2CC2)c1. The summed E-state index contributed by atoms with van der Waals surface area (Å²) in [6, 6.07) is 8.69. The first-order valence-corrected chi connectivity index (χ1v) is 7.90. The van der Waals surface area contributed by atoms with E-state index in [2.05, 4.69) is 18.7 Å². The third-order valence-corrected chi connectivity index (χ3v) is 4.02. The molecule has 0 atom stereocenters. The van der Waals surface area contributed by atoms with Crippen molar-refractivity contribution in [1.29, 1.82) is 0 Å². The summed E-state index contributed by atoms with van der Waals surface area (Å²) in [6.07, 6.45) is 4.51. The van der Waals surface area contributed by atoms with Crippen LogP contribution >= 0.6 is 0 Å². The first-order chi connectivity index (χ1) is 9.56. The predicted octanol–water partition coefficient (Wildman–Crippen LogP) is 4.08. The lowest BCUT2D eigenvalue weighted by atomic mass is 10.1. The monoisotopic (exact) mass is 273 g/mol. The molecule has 0 N–H and O–H groups in total. The molecule has 0 aromatic heterocycles. The zero-order valence-electron chi connectivity index (χ0n) is 13.1. The van der Waals surface area contributed by atoms with E-state index in [4.69, 9.17) is 0 Å². The summed E-state index contributed by atoms with van der Waals surface area (Å²) in [7, 11) is 0. The van der Waals surface area contributed by atoms with Gasteiger partial charge in [0.1, 0.15) is 0 Å². The minimum atomic E-state index is 0.281. The Kier molecular flexibility index (Phi) is 5.36. The smallest absolute Gasteiger partial charge is 0.164 e. The third-order valence-electron chi connectivity index (χ3n) is 4.02. The van der Waals surface area contributed by atoms with Gasteiger partial charge in [-0.1, -0.05) is 37.6 Å². The van der Waals surface area contributed by atoms with E-state index in [-0.39, 0.29) is 5.78 Å². The van der Waals surface area contributed by atoms with Crippen LogP contribution in [-0.2, 0) is 0 Å². The zero-order valence-corrected chi connectivity index (χ0v) is 13.1. The second kappa shape index (κ2) is 7.03. The molecule has 0 radical (unpaired) electrons. The molecule has 1 aromatic rings. The highest BCUT2D eigenvalue weighted by atomic mass is 16.1. The Labute approximate surface area is 123 Å². The fourth-order valence-corrected chi connectivity index (χ4v) is 2.55. The molecule has 0 amide bonds. The molecule has 1 aliphatic carbocycles. The number of rotatable bonds is 8. The van der Waals surface area contributed by atoms with Crippen LogP contribution in [-0.4, -0.2) is 29.8 Å². The van der Waals surface area contributed by atoms with E-state index in [9.17, 15) is 4.79 Å². The molecule has 0 bridgehead atoms. The summed E-state index contributed by atoms with van der Waals surface area (Å²) in [4.78, 5) is 14.8. The van der Waals surface area contributed by atoms with Gasteiger partial charge in [0.05, 0.1) is 0 Å². The van der Waals surface area contributed by atoms with Crippen molar-refractivity contribution in [2.45, 2.75) is 52.5 Å². The lowest BCUT2D eigenvalue weighted by molar-refractivity contribution is 0.0961. The van der Waals surface area contributed by atoms with E-state index in [0.717, 1.165) is 36.2 Å². The summed E-state index contributed by atoms with van der Waals surface area (Å²) in [6.45, 7) is 8.63. The van der Waals surface area contributed by atoms with Gasteiger partial charge in [-0.3, -0.25) is 9.69 Å². The molecule has 0 spiro atoms. The predicted molar refractivity (Wildman–Crippen MR) is 84.2 cm³/mol. The number of hydrogen-bond donors (Lipinski definition) is 0. The maximum Gasteiger partial charge on any atom is 0.164 e. The fourth-order valence-electron chi connectivity index (χ4n) is 2.55. The molecule has 110 valence electrons. The van der Waals surface area contributed by atoms with Crippen LogP contribution in [0.25, 0.3) is 0 Å². The van der Waals surface area contributed by atoms with Gasteiger partial charge in [-0.15, -0.1) is 0 Å². The van der Waals surface area contributed by atoms with Gasteiger partial charge in [-0.05, 0) is 44.7 Å². The minimum Gasteiger partial charge on any atom is -0.300 e. The molecular formula is C18H27NO. The van der Waals surface area contributed by atoms with Crippen LogP contribution in [0.2, 0.25) is 0 Å². The highest BCUT2D eigenvalue weighted by Gasteiger charge is 2.28. The molecule has 1 fully saturated rings. The van der Waals surface area contributed by atoms with Crippen molar-refractivity contribution in [2.75, 3.05) is 13.1 Å². The summed E-state index contributed by atoms with van der Waals surface area (Å²) < 4.78 is 0. The number of carbonyl (C=O) groups is 1. The van der Waals surface area contributed by atoms with Crippen LogP contribution in [0.3, 0.4) is 0 Å². The van der Waals surface area contributed by atoms with E-state index >= 15 is 0 Å². The molecule has 1 aromatic carbocycles. The number of aryl methyl sites for hydroxylation is 1. The van der Waals surface area contributed by atoms with Gasteiger partial charge in [-0.25, -0.2) is 0 Å². The maximum absolute atomic E-state index is 12.3. The van der Waals surface area contributed by atoms with Crippen LogP contribution < -0.4 is 0 Å². The lowest BCUT2D eigenvalue weighted by Gasteiger charge is -2.22. The number of nitrogens with zero attached hydrogens (tertiary/aromatic N) is 1. The number of carbonyl (C=O) groups excluding carboxylic acids is 1. The van der Waals surface area contributed by atoms with Crippen molar-refractivity contribution in [3.05, 3.63) is 35.4 Å². The van der Waals surface area contributed by atoms with Crippen molar-refractivity contribution in [2.24, 2.45) is 5.92 Å². The van der Waals surface area contributed by atoms with Crippen LogP contribution in [0.1, 0.15) is 55.5 Å². The van der Waals surface area contributed by atoms with Gasteiger partial charge < -0.3 is 0 Å². The van der Waals surface area contributed by atoms with E-state index in [1.54, 1.807) is 0 Å². The Balaban J connectivity index is 1.84. The van der Waals surface area contributed by atoms with E-state index < -0.39 is 0 Å². The molecule has 2 heteroatoms. The second-order valence-corrected chi connectivity index (χ2v) is 6.49. The Bertz CT molecular complexity index is 448. The first kappa shape index (κ1) is 15.2. The molecule has 0 unspecified atom stereocenters. The fraction of sp³-hybridized carbons (Fsp3) is 0.611. The molecule has 0 saturated heterocycles.